The highest BCUT2D eigenvalue weighted by molar-refractivity contribution is 6.21. The Morgan fingerprint density at radius 2 is 2.13 bits per heavy atom. The number of allylic oxidation sites excluding steroid dienone is 1. The van der Waals surface area contributed by atoms with Crippen molar-refractivity contribution in [2.24, 2.45) is 10.9 Å². The second kappa shape index (κ2) is 5.05. The summed E-state index contributed by atoms with van der Waals surface area (Å²) in [6, 6.07) is 5.22. The van der Waals surface area contributed by atoms with E-state index < -0.39 is 0 Å². The molecule has 0 saturated carbocycles. The Kier molecular flexibility index (Phi) is 3.11. The molecule has 2 aliphatic heterocycles. The fourth-order valence-corrected chi connectivity index (χ4v) is 3.69. The lowest BCUT2D eigenvalue weighted by Crippen LogP contribution is -2.34. The number of hydrogen-bond donors (Lipinski definition) is 1. The molecule has 1 N–H and O–H groups in total. The molecule has 1 unspecified atom stereocenters. The Bertz CT molecular complexity index is 778. The van der Waals surface area contributed by atoms with Crippen LogP contribution in [-0.2, 0) is 16.0 Å². The van der Waals surface area contributed by atoms with Crippen LogP contribution in [0.2, 0.25) is 0 Å². The van der Waals surface area contributed by atoms with Crippen LogP contribution in [0.1, 0.15) is 36.8 Å². The first kappa shape index (κ1) is 14.2. The van der Waals surface area contributed by atoms with E-state index >= 15 is 0 Å². The molecule has 1 aromatic rings. The lowest BCUT2D eigenvalue weighted by Gasteiger charge is -2.24. The monoisotopic (exact) mass is 310 g/mol. The standard InChI is InChI=1S/C18H18N2O3/c1-10-3-2-8-20-16(19-17(10)22)15-13(18(20)23)7-5-11-4-6-12(21)9-14(11)15/h4,6-7,9-10,15,21H,2-3,5,8H2,1H3/b19-16-/t10-,15?/m0/s1. The lowest BCUT2D eigenvalue weighted by atomic mass is 9.83. The van der Waals surface area contributed by atoms with Crippen LogP contribution < -0.4 is 0 Å². The zero-order valence-corrected chi connectivity index (χ0v) is 13.0. The summed E-state index contributed by atoms with van der Waals surface area (Å²) in [5, 5.41) is 9.84. The Hall–Kier alpha value is -2.43. The van der Waals surface area contributed by atoms with E-state index in [4.69, 9.17) is 0 Å². The molecule has 5 nitrogen and oxygen atoms in total. The van der Waals surface area contributed by atoms with Crippen molar-refractivity contribution in [3.05, 3.63) is 41.0 Å². The number of amides is 2. The molecule has 0 bridgehead atoms. The molecule has 2 heterocycles. The summed E-state index contributed by atoms with van der Waals surface area (Å²) in [7, 11) is 0. The van der Waals surface area contributed by atoms with E-state index in [1.165, 1.54) is 0 Å². The highest BCUT2D eigenvalue weighted by Gasteiger charge is 2.45. The molecule has 1 aromatic carbocycles. The van der Waals surface area contributed by atoms with Gasteiger partial charge in [-0.25, -0.2) is 0 Å². The van der Waals surface area contributed by atoms with Crippen molar-refractivity contribution >= 4 is 17.6 Å². The minimum absolute atomic E-state index is 0.0508. The molecule has 23 heavy (non-hydrogen) atoms. The number of phenols is 1. The third-order valence-corrected chi connectivity index (χ3v) is 4.99. The van der Waals surface area contributed by atoms with Gasteiger partial charge in [0.25, 0.3) is 5.91 Å². The number of aromatic hydroxyl groups is 1. The van der Waals surface area contributed by atoms with Crippen molar-refractivity contribution < 1.29 is 14.7 Å². The van der Waals surface area contributed by atoms with E-state index in [2.05, 4.69) is 4.99 Å². The fraction of sp³-hybridized carbons (Fsp3) is 0.389. The third-order valence-electron chi connectivity index (χ3n) is 4.99. The van der Waals surface area contributed by atoms with Crippen molar-refractivity contribution in [3.8, 4) is 5.75 Å². The molecule has 0 aromatic heterocycles. The largest absolute Gasteiger partial charge is 0.508 e. The average Bonchev–Trinajstić information content (AvgIpc) is 2.78. The first-order chi connectivity index (χ1) is 11.1. The van der Waals surface area contributed by atoms with Gasteiger partial charge in [-0.05, 0) is 42.5 Å². The predicted octanol–water partition coefficient (Wildman–Crippen LogP) is 2.16. The van der Waals surface area contributed by atoms with Crippen LogP contribution in [0.25, 0.3) is 0 Å². The van der Waals surface area contributed by atoms with Gasteiger partial charge >= 0.3 is 0 Å². The molecule has 0 radical (unpaired) electrons. The van der Waals surface area contributed by atoms with Crippen molar-refractivity contribution in [2.45, 2.75) is 32.1 Å². The van der Waals surface area contributed by atoms with Gasteiger partial charge < -0.3 is 5.11 Å². The highest BCUT2D eigenvalue weighted by atomic mass is 16.3. The van der Waals surface area contributed by atoms with Crippen LogP contribution in [0.15, 0.2) is 34.8 Å². The maximum atomic E-state index is 12.7. The van der Waals surface area contributed by atoms with Crippen LogP contribution in [0.4, 0.5) is 0 Å². The van der Waals surface area contributed by atoms with E-state index in [0.717, 1.165) is 24.0 Å². The summed E-state index contributed by atoms with van der Waals surface area (Å²) < 4.78 is 0. The number of benzene rings is 1. The van der Waals surface area contributed by atoms with Gasteiger partial charge in [-0.2, -0.15) is 4.99 Å². The van der Waals surface area contributed by atoms with Crippen LogP contribution in [0.3, 0.4) is 0 Å². The summed E-state index contributed by atoms with van der Waals surface area (Å²) in [6.45, 7) is 2.48. The number of carbonyl (C=O) groups excluding carboxylic acids is 2. The smallest absolute Gasteiger partial charge is 0.255 e. The van der Waals surface area contributed by atoms with Gasteiger partial charge in [-0.1, -0.05) is 19.1 Å². The maximum Gasteiger partial charge on any atom is 0.255 e. The number of aliphatic imine (C=N–C) groups is 1. The number of hydrogen-bond acceptors (Lipinski definition) is 3. The first-order valence-corrected chi connectivity index (χ1v) is 8.02. The number of phenolic OH excluding ortho intramolecular Hbond substituents is 1. The van der Waals surface area contributed by atoms with E-state index in [9.17, 15) is 14.7 Å². The highest BCUT2D eigenvalue weighted by Crippen LogP contribution is 2.42. The van der Waals surface area contributed by atoms with Crippen molar-refractivity contribution in [3.63, 3.8) is 0 Å². The molecular weight excluding hydrogens is 292 g/mol. The predicted molar refractivity (Wildman–Crippen MR) is 85.2 cm³/mol. The van der Waals surface area contributed by atoms with E-state index in [1.54, 1.807) is 17.0 Å². The van der Waals surface area contributed by atoms with Gasteiger partial charge in [0.05, 0.1) is 5.92 Å². The van der Waals surface area contributed by atoms with Crippen molar-refractivity contribution in [2.75, 3.05) is 6.54 Å². The number of fused-ring (bicyclic) bond motifs is 5. The summed E-state index contributed by atoms with van der Waals surface area (Å²) in [4.78, 5) is 31.0. The Labute approximate surface area is 134 Å². The van der Waals surface area contributed by atoms with E-state index in [0.29, 0.717) is 24.4 Å². The quantitative estimate of drug-likeness (QED) is 0.798. The Morgan fingerprint density at radius 1 is 1.30 bits per heavy atom. The molecule has 4 rings (SSSR count). The number of nitrogens with zero attached hydrogens (tertiary/aromatic N) is 2. The summed E-state index contributed by atoms with van der Waals surface area (Å²) in [6.07, 6.45) is 4.15. The average molecular weight is 310 g/mol. The van der Waals surface area contributed by atoms with Crippen molar-refractivity contribution in [1.82, 2.24) is 4.90 Å². The zero-order valence-electron chi connectivity index (χ0n) is 13.0. The molecule has 0 spiro atoms. The van der Waals surface area contributed by atoms with Crippen LogP contribution >= 0.6 is 0 Å². The lowest BCUT2D eigenvalue weighted by molar-refractivity contribution is -0.123. The van der Waals surface area contributed by atoms with Gasteiger partial charge in [-0.15, -0.1) is 0 Å². The molecule has 3 aliphatic rings. The number of amidine groups is 1. The Morgan fingerprint density at radius 3 is 2.96 bits per heavy atom. The van der Waals surface area contributed by atoms with Gasteiger partial charge in [0, 0.05) is 18.0 Å². The van der Waals surface area contributed by atoms with Crippen molar-refractivity contribution in [1.29, 1.82) is 0 Å². The molecule has 118 valence electrons. The fourth-order valence-electron chi connectivity index (χ4n) is 3.69. The van der Waals surface area contributed by atoms with Gasteiger partial charge in [0.2, 0.25) is 5.91 Å². The van der Waals surface area contributed by atoms with Crippen LogP contribution in [0, 0.1) is 5.92 Å². The van der Waals surface area contributed by atoms with Gasteiger partial charge in [0.15, 0.2) is 0 Å². The molecule has 5 heteroatoms. The minimum Gasteiger partial charge on any atom is -0.508 e. The minimum atomic E-state index is -0.326. The normalized spacial score (nSPS) is 28.8. The zero-order chi connectivity index (χ0) is 16.1. The molecule has 1 aliphatic carbocycles. The SMILES string of the molecule is C[C@H]1CCCN2C(=O)C3=CCc4ccc(O)cc4C3/C2=N/C1=O. The molecule has 2 atom stereocenters. The van der Waals surface area contributed by atoms with E-state index in [-0.39, 0.29) is 29.4 Å². The van der Waals surface area contributed by atoms with Gasteiger partial charge in [-0.3, -0.25) is 14.5 Å². The Balaban J connectivity index is 1.89. The number of carbonyl (C=O) groups is 2. The molecule has 1 fully saturated rings. The van der Waals surface area contributed by atoms with Crippen LogP contribution in [-0.4, -0.2) is 34.2 Å². The van der Waals surface area contributed by atoms with E-state index in [1.807, 2.05) is 19.1 Å². The second-order valence-electron chi connectivity index (χ2n) is 6.49. The second-order valence-corrected chi connectivity index (χ2v) is 6.49. The topological polar surface area (TPSA) is 70.0 Å². The summed E-state index contributed by atoms with van der Waals surface area (Å²) in [5.74, 6) is 0.0510. The maximum absolute atomic E-state index is 12.7. The van der Waals surface area contributed by atoms with Crippen LogP contribution in [0.5, 0.6) is 5.75 Å². The molecule has 1 saturated heterocycles. The first-order valence-electron chi connectivity index (χ1n) is 8.02. The third kappa shape index (κ3) is 2.11. The van der Waals surface area contributed by atoms with Gasteiger partial charge in [0.1, 0.15) is 11.6 Å². The molecule has 2 amide bonds. The summed E-state index contributed by atoms with van der Waals surface area (Å²) in [5.41, 5.74) is 2.64. The summed E-state index contributed by atoms with van der Waals surface area (Å²) >= 11 is 0. The molecular formula is C18H18N2O3. The number of rotatable bonds is 0.